The summed E-state index contributed by atoms with van der Waals surface area (Å²) in [4.78, 5) is 0. The largest absolute Gasteiger partial charge is 0.390 e. The normalized spacial score (nSPS) is 20.8. The number of aliphatic hydroxyl groups excluding tert-OH is 1. The van der Waals surface area contributed by atoms with E-state index in [9.17, 15) is 10.2 Å². The first-order valence-electron chi connectivity index (χ1n) is 15.1. The van der Waals surface area contributed by atoms with Gasteiger partial charge in [0, 0.05) is 0 Å². The Morgan fingerprint density at radius 2 is 1.12 bits per heavy atom. The highest BCUT2D eigenvalue weighted by Crippen LogP contribution is 2.41. The van der Waals surface area contributed by atoms with Crippen molar-refractivity contribution in [3.05, 3.63) is 142 Å². The third-order valence-electron chi connectivity index (χ3n) is 7.19. The molecule has 2 nitrogen and oxygen atoms in total. The number of rotatable bonds is 13. The van der Waals surface area contributed by atoms with Gasteiger partial charge in [0.05, 0.1) is 11.7 Å². The molecule has 1 unspecified atom stereocenters. The zero-order chi connectivity index (χ0) is 31.8. The number of allylic oxidation sites excluding steroid dienone is 22. The summed E-state index contributed by atoms with van der Waals surface area (Å²) in [7, 11) is 0. The van der Waals surface area contributed by atoms with E-state index in [4.69, 9.17) is 0 Å². The van der Waals surface area contributed by atoms with Gasteiger partial charge in [-0.15, -0.1) is 0 Å². The van der Waals surface area contributed by atoms with Crippen LogP contribution in [0.4, 0.5) is 0 Å². The first-order valence-corrected chi connectivity index (χ1v) is 15.1. The van der Waals surface area contributed by atoms with Crippen molar-refractivity contribution in [2.45, 2.75) is 100 Å². The summed E-state index contributed by atoms with van der Waals surface area (Å²) in [5, 5.41) is 20.0. The van der Waals surface area contributed by atoms with Crippen molar-refractivity contribution in [2.75, 3.05) is 0 Å². The van der Waals surface area contributed by atoms with Crippen molar-refractivity contribution in [1.82, 2.24) is 0 Å². The zero-order valence-corrected chi connectivity index (χ0v) is 27.9. The summed E-state index contributed by atoms with van der Waals surface area (Å²) in [5.41, 5.74) is 7.65. The number of hydrogen-bond donors (Lipinski definition) is 2. The van der Waals surface area contributed by atoms with Gasteiger partial charge in [0.1, 0.15) is 0 Å². The van der Waals surface area contributed by atoms with Crippen molar-refractivity contribution in [3.8, 4) is 0 Å². The topological polar surface area (TPSA) is 40.5 Å². The Bertz CT molecular complexity index is 1250. The lowest BCUT2D eigenvalue weighted by Gasteiger charge is -2.35. The Hall–Kier alpha value is -3.20. The maximum absolute atomic E-state index is 10.3. The Kier molecular flexibility index (Phi) is 16.1. The first-order chi connectivity index (χ1) is 19.6. The van der Waals surface area contributed by atoms with Crippen LogP contribution in [0.2, 0.25) is 0 Å². The van der Waals surface area contributed by atoms with Gasteiger partial charge >= 0.3 is 0 Å². The summed E-state index contributed by atoms with van der Waals surface area (Å²) >= 11 is 0. The molecule has 2 N–H and O–H groups in total. The molecular weight excluding hydrogens is 512 g/mol. The van der Waals surface area contributed by atoms with Crippen LogP contribution in [0.1, 0.15) is 88.5 Å². The number of hydrogen-bond acceptors (Lipinski definition) is 2. The molecule has 1 aliphatic rings. The quantitative estimate of drug-likeness (QED) is 0.217. The standard InChI is InChI=1S/C40H56O2/c1-31(19-13-21-33(3)22-14-23-34(4)25-16-29-40(9,10)42)17-11-12-18-32(2)20-15-24-35(5)26-27-37-36(6)38(41)28-30-39(37,7)8/h11-27,38,41-42H,28-30H2,1-10H3/b12-11+,19-13+,20-15+,22-14+,25-16+,27-26+,31-17+,32-18+,33-21+,34-23+,35-24+. The second-order valence-electron chi connectivity index (χ2n) is 12.8. The van der Waals surface area contributed by atoms with Crippen LogP contribution in [0.5, 0.6) is 0 Å². The highest BCUT2D eigenvalue weighted by molar-refractivity contribution is 5.39. The van der Waals surface area contributed by atoms with Crippen LogP contribution in [0.3, 0.4) is 0 Å². The summed E-state index contributed by atoms with van der Waals surface area (Å²) in [6, 6.07) is 0. The van der Waals surface area contributed by atoms with Gasteiger partial charge in [-0.3, -0.25) is 0 Å². The van der Waals surface area contributed by atoms with E-state index in [1.54, 1.807) is 0 Å². The lowest BCUT2D eigenvalue weighted by Crippen LogP contribution is -2.27. The highest BCUT2D eigenvalue weighted by atomic mass is 16.3. The molecule has 0 heterocycles. The van der Waals surface area contributed by atoms with Crippen molar-refractivity contribution < 1.29 is 10.2 Å². The SMILES string of the molecule is CC1=C(/C=C/C(C)=C/C=C/C(C)=C/C=C/C=C(C)/C=C/C=C(C)/C=C/C=C(C)/C=C/CC(C)(C)O)C(C)(C)CCC1O. The van der Waals surface area contributed by atoms with Crippen molar-refractivity contribution in [2.24, 2.45) is 5.41 Å². The van der Waals surface area contributed by atoms with E-state index in [1.165, 1.54) is 27.9 Å². The maximum Gasteiger partial charge on any atom is 0.0753 e. The fourth-order valence-electron chi connectivity index (χ4n) is 4.41. The maximum atomic E-state index is 10.3. The van der Waals surface area contributed by atoms with Gasteiger partial charge in [0.2, 0.25) is 0 Å². The Morgan fingerprint density at radius 1 is 0.714 bits per heavy atom. The van der Waals surface area contributed by atoms with Crippen LogP contribution < -0.4 is 0 Å². The molecular formula is C40H56O2. The molecule has 228 valence electrons. The molecule has 0 aromatic heterocycles. The lowest BCUT2D eigenvalue weighted by atomic mass is 9.71. The van der Waals surface area contributed by atoms with Gasteiger partial charge in [-0.2, -0.15) is 0 Å². The van der Waals surface area contributed by atoms with E-state index >= 15 is 0 Å². The fourth-order valence-corrected chi connectivity index (χ4v) is 4.41. The van der Waals surface area contributed by atoms with Crippen LogP contribution in [0.25, 0.3) is 0 Å². The molecule has 0 amide bonds. The predicted molar refractivity (Wildman–Crippen MR) is 186 cm³/mol. The molecule has 0 radical (unpaired) electrons. The predicted octanol–water partition coefficient (Wildman–Crippen LogP) is 10.7. The molecule has 1 atom stereocenters. The molecule has 1 aliphatic carbocycles. The highest BCUT2D eigenvalue weighted by Gasteiger charge is 2.30. The molecule has 1 rings (SSSR count). The van der Waals surface area contributed by atoms with Gasteiger partial charge < -0.3 is 10.2 Å². The van der Waals surface area contributed by atoms with Crippen LogP contribution in [0, 0.1) is 5.41 Å². The molecule has 0 bridgehead atoms. The average Bonchev–Trinajstić information content (AvgIpc) is 2.88. The van der Waals surface area contributed by atoms with Crippen molar-refractivity contribution in [3.63, 3.8) is 0 Å². The molecule has 2 heteroatoms. The van der Waals surface area contributed by atoms with Crippen LogP contribution >= 0.6 is 0 Å². The summed E-state index contributed by atoms with van der Waals surface area (Å²) in [6.45, 7) is 20.6. The zero-order valence-electron chi connectivity index (χ0n) is 27.9. The average molecular weight is 569 g/mol. The van der Waals surface area contributed by atoms with Gasteiger partial charge in [0.15, 0.2) is 0 Å². The van der Waals surface area contributed by atoms with Crippen LogP contribution in [0.15, 0.2) is 142 Å². The van der Waals surface area contributed by atoms with Crippen molar-refractivity contribution >= 4 is 0 Å². The molecule has 0 spiro atoms. The first kappa shape index (κ1) is 36.8. The van der Waals surface area contributed by atoms with Gasteiger partial charge in [-0.1, -0.05) is 145 Å². The summed E-state index contributed by atoms with van der Waals surface area (Å²) in [5.74, 6) is 0. The fraction of sp³-hybridized carbons (Fsp3) is 0.400. The summed E-state index contributed by atoms with van der Waals surface area (Å²) in [6.07, 6.45) is 37.7. The van der Waals surface area contributed by atoms with E-state index in [0.29, 0.717) is 6.42 Å². The molecule has 42 heavy (non-hydrogen) atoms. The van der Waals surface area contributed by atoms with Crippen LogP contribution in [-0.4, -0.2) is 21.9 Å². The van der Waals surface area contributed by atoms with Gasteiger partial charge in [-0.05, 0) is 91.2 Å². The van der Waals surface area contributed by atoms with Gasteiger partial charge in [-0.25, -0.2) is 0 Å². The minimum Gasteiger partial charge on any atom is -0.390 e. The third-order valence-corrected chi connectivity index (χ3v) is 7.19. The number of aliphatic hydroxyl groups is 2. The second kappa shape index (κ2) is 18.4. The van der Waals surface area contributed by atoms with Crippen molar-refractivity contribution in [1.29, 1.82) is 0 Å². The molecule has 0 saturated heterocycles. The third kappa shape index (κ3) is 16.3. The van der Waals surface area contributed by atoms with E-state index in [1.807, 2.05) is 26.0 Å². The minimum absolute atomic E-state index is 0.103. The Morgan fingerprint density at radius 3 is 1.57 bits per heavy atom. The van der Waals surface area contributed by atoms with E-state index < -0.39 is 5.60 Å². The Labute approximate surface area is 257 Å². The molecule has 0 aliphatic heterocycles. The smallest absolute Gasteiger partial charge is 0.0753 e. The molecule has 0 aromatic rings. The monoisotopic (exact) mass is 568 g/mol. The van der Waals surface area contributed by atoms with Crippen LogP contribution in [-0.2, 0) is 0 Å². The van der Waals surface area contributed by atoms with Gasteiger partial charge in [0.25, 0.3) is 0 Å². The molecule has 0 aromatic carbocycles. The van der Waals surface area contributed by atoms with E-state index in [2.05, 4.69) is 147 Å². The second-order valence-corrected chi connectivity index (χ2v) is 12.8. The molecule has 0 fully saturated rings. The van der Waals surface area contributed by atoms with E-state index in [0.717, 1.165) is 24.0 Å². The lowest BCUT2D eigenvalue weighted by molar-refractivity contribution is 0.0839. The summed E-state index contributed by atoms with van der Waals surface area (Å²) < 4.78 is 0. The Balaban J connectivity index is 2.62. The minimum atomic E-state index is -0.666. The molecule has 0 saturated carbocycles. The van der Waals surface area contributed by atoms with E-state index in [-0.39, 0.29) is 11.5 Å².